The van der Waals surface area contributed by atoms with Gasteiger partial charge in [0.25, 0.3) is 10.0 Å². The van der Waals surface area contributed by atoms with Crippen molar-refractivity contribution in [2.45, 2.75) is 17.7 Å². The van der Waals surface area contributed by atoms with Gasteiger partial charge in [0.1, 0.15) is 16.7 Å². The molecule has 0 radical (unpaired) electrons. The number of halogens is 1. The van der Waals surface area contributed by atoms with Crippen LogP contribution in [0.2, 0.25) is 5.02 Å². The minimum Gasteiger partial charge on any atom is -0.494 e. The second kappa shape index (κ2) is 10.6. The van der Waals surface area contributed by atoms with Crippen LogP contribution in [0.3, 0.4) is 0 Å². The third-order valence-corrected chi connectivity index (χ3v) is 9.52. The molecule has 3 heterocycles. The van der Waals surface area contributed by atoms with Crippen LogP contribution in [0.15, 0.2) is 76.3 Å². The first-order chi connectivity index (χ1) is 18.3. The molecule has 1 N–H and O–H groups in total. The number of ether oxygens (including phenoxy) is 1. The van der Waals surface area contributed by atoms with E-state index in [2.05, 4.69) is 6.07 Å². The molecule has 192 valence electrons. The molecule has 0 aliphatic rings. The fraction of sp³-hybridized carbons (Fsp3) is 0.111. The highest BCUT2D eigenvalue weighted by molar-refractivity contribution is 7.90. The lowest BCUT2D eigenvalue weighted by Gasteiger charge is -2.13. The van der Waals surface area contributed by atoms with Gasteiger partial charge in [-0.25, -0.2) is 12.4 Å². The molecule has 3 aromatic heterocycles. The molecule has 11 heteroatoms. The van der Waals surface area contributed by atoms with Gasteiger partial charge in [0.05, 0.1) is 27.6 Å². The summed E-state index contributed by atoms with van der Waals surface area (Å²) < 4.78 is 35.4. The summed E-state index contributed by atoms with van der Waals surface area (Å²) in [5.74, 6) is -0.436. The van der Waals surface area contributed by atoms with E-state index in [1.165, 1.54) is 50.9 Å². The molecule has 0 saturated heterocycles. The lowest BCUT2D eigenvalue weighted by Crippen LogP contribution is -2.14. The van der Waals surface area contributed by atoms with Crippen molar-refractivity contribution >= 4 is 61.2 Å². The number of hydrogen-bond acceptors (Lipinski definition) is 7. The van der Waals surface area contributed by atoms with Crippen LogP contribution in [-0.2, 0) is 14.8 Å². The average Bonchev–Trinajstić information content (AvgIpc) is 3.64. The molecule has 0 aliphatic carbocycles. The van der Waals surface area contributed by atoms with E-state index in [4.69, 9.17) is 21.4 Å². The van der Waals surface area contributed by atoms with E-state index in [0.717, 1.165) is 0 Å². The zero-order valence-electron chi connectivity index (χ0n) is 19.6. The summed E-state index contributed by atoms with van der Waals surface area (Å²) in [7, 11) is -4.09. The highest BCUT2D eigenvalue weighted by Gasteiger charge is 2.30. The van der Waals surface area contributed by atoms with Gasteiger partial charge in [-0.15, -0.1) is 22.7 Å². The van der Waals surface area contributed by atoms with Crippen LogP contribution in [0.4, 0.5) is 0 Å². The molecule has 38 heavy (non-hydrogen) atoms. The van der Waals surface area contributed by atoms with Crippen LogP contribution in [0, 0.1) is 11.3 Å². The molecule has 0 amide bonds. The summed E-state index contributed by atoms with van der Waals surface area (Å²) in [6.45, 7) is 0.191. The number of hydrogen-bond donors (Lipinski definition) is 1. The van der Waals surface area contributed by atoms with Crippen LogP contribution in [-0.4, -0.2) is 30.1 Å². The Balaban J connectivity index is 1.80. The van der Waals surface area contributed by atoms with Gasteiger partial charge in [0.2, 0.25) is 0 Å². The number of thiophene rings is 2. The minimum absolute atomic E-state index is 0.0217. The van der Waals surface area contributed by atoms with Crippen molar-refractivity contribution in [3.05, 3.63) is 81.3 Å². The largest absolute Gasteiger partial charge is 0.494 e. The van der Waals surface area contributed by atoms with E-state index in [0.29, 0.717) is 54.7 Å². The lowest BCUT2D eigenvalue weighted by atomic mass is 10.0. The molecule has 0 fully saturated rings. The van der Waals surface area contributed by atoms with Crippen molar-refractivity contribution in [3.63, 3.8) is 0 Å². The normalized spacial score (nSPS) is 11.5. The maximum atomic E-state index is 14.1. The van der Waals surface area contributed by atoms with E-state index < -0.39 is 16.0 Å². The Morgan fingerprint density at radius 2 is 1.87 bits per heavy atom. The van der Waals surface area contributed by atoms with Crippen LogP contribution >= 0.6 is 34.3 Å². The number of benzene rings is 2. The van der Waals surface area contributed by atoms with E-state index >= 15 is 0 Å². The van der Waals surface area contributed by atoms with Crippen molar-refractivity contribution in [3.8, 4) is 33.5 Å². The van der Waals surface area contributed by atoms with Crippen molar-refractivity contribution in [2.75, 3.05) is 6.61 Å². The Morgan fingerprint density at radius 3 is 2.55 bits per heavy atom. The zero-order chi connectivity index (χ0) is 26.9. The number of carboxylic acids is 1. The van der Waals surface area contributed by atoms with Gasteiger partial charge in [-0.05, 0) is 71.8 Å². The first-order valence-corrected chi connectivity index (χ1v) is 14.9. The Bertz CT molecular complexity index is 1780. The van der Waals surface area contributed by atoms with E-state index in [-0.39, 0.29) is 17.9 Å². The van der Waals surface area contributed by atoms with E-state index in [1.54, 1.807) is 23.6 Å². The smallest absolute Gasteiger partial charge is 0.303 e. The van der Waals surface area contributed by atoms with Gasteiger partial charge in [0.15, 0.2) is 0 Å². The average molecular weight is 583 g/mol. The number of fused-ring (bicyclic) bond motifs is 1. The molecule has 0 atom stereocenters. The SMILES string of the molecule is N#Cc1sccc1-c1c(-c2cccs2)n(S(=O)(=O)c2ccc(Cl)cc2)c2ccc(OCCCC(=O)O)cc12. The number of aliphatic carboxylic acids is 1. The molecule has 0 unspecified atom stereocenters. The standard InChI is InChI=1S/C27H19ClN2O5S3/c28-17-5-8-19(9-6-17)38(33,34)30-22-10-7-18(35-12-1-4-25(31)32)15-21(22)26(20-11-14-37-24(20)16-29)27(30)23-3-2-13-36-23/h2-3,5-11,13-15H,1,4,12H2,(H,31,32). The fourth-order valence-corrected chi connectivity index (χ4v) is 7.39. The molecule has 2 aromatic carbocycles. The molecule has 0 aliphatic heterocycles. The highest BCUT2D eigenvalue weighted by Crippen LogP contribution is 2.46. The van der Waals surface area contributed by atoms with Crippen molar-refractivity contribution in [1.29, 1.82) is 5.26 Å². The van der Waals surface area contributed by atoms with Crippen molar-refractivity contribution < 1.29 is 23.1 Å². The summed E-state index contributed by atoms with van der Waals surface area (Å²) in [5.41, 5.74) is 2.10. The number of carbonyl (C=O) groups is 1. The topological polar surface area (TPSA) is 109 Å². The van der Waals surface area contributed by atoms with Crippen LogP contribution < -0.4 is 4.74 Å². The number of rotatable bonds is 9. The van der Waals surface area contributed by atoms with Gasteiger partial charge < -0.3 is 9.84 Å². The minimum atomic E-state index is -4.09. The second-order valence-electron chi connectivity index (χ2n) is 8.22. The second-order valence-corrected chi connectivity index (χ2v) is 12.3. The van der Waals surface area contributed by atoms with E-state index in [9.17, 15) is 18.5 Å². The van der Waals surface area contributed by atoms with Crippen LogP contribution in [0.25, 0.3) is 32.6 Å². The molecule has 5 rings (SSSR count). The Labute approximate surface area is 231 Å². The fourth-order valence-electron chi connectivity index (χ4n) is 4.21. The first-order valence-electron chi connectivity index (χ1n) is 11.4. The van der Waals surface area contributed by atoms with Crippen molar-refractivity contribution in [2.24, 2.45) is 0 Å². The third kappa shape index (κ3) is 4.81. The predicted octanol–water partition coefficient (Wildman–Crippen LogP) is 7.10. The van der Waals surface area contributed by atoms with Crippen LogP contribution in [0.1, 0.15) is 17.7 Å². The van der Waals surface area contributed by atoms with Gasteiger partial charge in [-0.2, -0.15) is 5.26 Å². The lowest BCUT2D eigenvalue weighted by molar-refractivity contribution is -0.137. The molecule has 0 bridgehead atoms. The van der Waals surface area contributed by atoms with Crippen LogP contribution in [0.5, 0.6) is 5.75 Å². The van der Waals surface area contributed by atoms with E-state index in [1.807, 2.05) is 23.6 Å². The van der Waals surface area contributed by atoms with Gasteiger partial charge in [0, 0.05) is 28.0 Å². The van der Waals surface area contributed by atoms with Gasteiger partial charge >= 0.3 is 5.97 Å². The van der Waals surface area contributed by atoms with Gasteiger partial charge in [-0.1, -0.05) is 17.7 Å². The number of aromatic nitrogens is 1. The highest BCUT2D eigenvalue weighted by atomic mass is 35.5. The summed E-state index contributed by atoms with van der Waals surface area (Å²) in [6, 6.07) is 18.8. The molecular formula is C27H19ClN2O5S3. The quantitative estimate of drug-likeness (QED) is 0.186. The molecule has 0 spiro atoms. The monoisotopic (exact) mass is 582 g/mol. The molecule has 5 aromatic rings. The number of nitriles is 1. The van der Waals surface area contributed by atoms with Crippen molar-refractivity contribution in [1.82, 2.24) is 3.97 Å². The molecular weight excluding hydrogens is 564 g/mol. The summed E-state index contributed by atoms with van der Waals surface area (Å²) in [5, 5.41) is 23.4. The summed E-state index contributed by atoms with van der Waals surface area (Å²) >= 11 is 8.71. The Hall–Kier alpha value is -3.62. The Kier molecular flexibility index (Phi) is 7.27. The number of nitrogens with zero attached hydrogens (tertiary/aromatic N) is 2. The molecule has 0 saturated carbocycles. The number of carboxylic acid groups (broad SMARTS) is 1. The maximum absolute atomic E-state index is 14.1. The molecule has 7 nitrogen and oxygen atoms in total. The summed E-state index contributed by atoms with van der Waals surface area (Å²) in [4.78, 5) is 12.1. The van der Waals surface area contributed by atoms with Gasteiger partial charge in [-0.3, -0.25) is 4.79 Å². The predicted molar refractivity (Wildman–Crippen MR) is 150 cm³/mol. The maximum Gasteiger partial charge on any atom is 0.303 e. The first kappa shape index (κ1) is 26.0. The zero-order valence-corrected chi connectivity index (χ0v) is 22.8. The third-order valence-electron chi connectivity index (χ3n) is 5.84. The Morgan fingerprint density at radius 1 is 1.08 bits per heavy atom. The summed E-state index contributed by atoms with van der Waals surface area (Å²) in [6.07, 6.45) is 0.307.